The third kappa shape index (κ3) is 4.22. The molecule has 3 aromatic rings. The Kier molecular flexibility index (Phi) is 6.29. The standard InChI is InChI=1S/C21H22BrN3OS/c1-4-13-25-18-12-9-16(22)14-19(18)27-21(25)23-20(26)15-7-10-17(11-8-15)24(5-2)6-3/h4,7-12,14H,1,5-6,13H2,2-3H3. The molecule has 1 aromatic heterocycles. The summed E-state index contributed by atoms with van der Waals surface area (Å²) in [4.78, 5) is 20.0. The number of nitrogens with zero attached hydrogens (tertiary/aromatic N) is 3. The first-order valence-corrected chi connectivity index (χ1v) is 10.5. The van der Waals surface area contributed by atoms with Gasteiger partial charge >= 0.3 is 0 Å². The van der Waals surface area contributed by atoms with Crippen LogP contribution >= 0.6 is 27.3 Å². The molecule has 0 aliphatic carbocycles. The number of halogens is 1. The van der Waals surface area contributed by atoms with Crippen molar-refractivity contribution in [3.63, 3.8) is 0 Å². The van der Waals surface area contributed by atoms with Crippen molar-refractivity contribution < 1.29 is 4.79 Å². The number of allylic oxidation sites excluding steroid dienone is 1. The molecule has 4 nitrogen and oxygen atoms in total. The third-order valence-corrected chi connectivity index (χ3v) is 5.93. The van der Waals surface area contributed by atoms with E-state index in [0.717, 1.165) is 33.5 Å². The Bertz CT molecular complexity index is 1030. The lowest BCUT2D eigenvalue weighted by Gasteiger charge is -2.20. The zero-order valence-corrected chi connectivity index (χ0v) is 17.9. The molecular formula is C21H22BrN3OS. The largest absolute Gasteiger partial charge is 0.372 e. The Labute approximate surface area is 171 Å². The highest BCUT2D eigenvalue weighted by Gasteiger charge is 2.10. The van der Waals surface area contributed by atoms with Crippen LogP contribution in [0, 0.1) is 0 Å². The van der Waals surface area contributed by atoms with Crippen molar-refractivity contribution in [3.8, 4) is 0 Å². The maximum Gasteiger partial charge on any atom is 0.279 e. The number of carbonyl (C=O) groups is 1. The summed E-state index contributed by atoms with van der Waals surface area (Å²) in [6, 6.07) is 13.7. The Morgan fingerprint density at radius 1 is 1.22 bits per heavy atom. The van der Waals surface area contributed by atoms with Crippen LogP contribution < -0.4 is 9.70 Å². The number of benzene rings is 2. The fourth-order valence-corrected chi connectivity index (χ4v) is 4.58. The van der Waals surface area contributed by atoms with Crippen LogP contribution in [0.25, 0.3) is 10.2 Å². The summed E-state index contributed by atoms with van der Waals surface area (Å²) >= 11 is 5.00. The van der Waals surface area contributed by atoms with Gasteiger partial charge in [-0.1, -0.05) is 33.3 Å². The molecule has 27 heavy (non-hydrogen) atoms. The first-order chi connectivity index (χ1) is 13.1. The van der Waals surface area contributed by atoms with Crippen molar-refractivity contribution in [2.45, 2.75) is 20.4 Å². The summed E-state index contributed by atoms with van der Waals surface area (Å²) < 4.78 is 4.10. The lowest BCUT2D eigenvalue weighted by atomic mass is 10.2. The Morgan fingerprint density at radius 2 is 1.93 bits per heavy atom. The van der Waals surface area contributed by atoms with Gasteiger partial charge in [0.05, 0.1) is 10.2 Å². The van der Waals surface area contributed by atoms with Gasteiger partial charge in [0, 0.05) is 35.4 Å². The number of amides is 1. The average molecular weight is 444 g/mol. The van der Waals surface area contributed by atoms with E-state index in [2.05, 4.69) is 46.2 Å². The van der Waals surface area contributed by atoms with Gasteiger partial charge in [-0.05, 0) is 56.3 Å². The van der Waals surface area contributed by atoms with E-state index in [-0.39, 0.29) is 5.91 Å². The van der Waals surface area contributed by atoms with Crippen LogP contribution in [0.3, 0.4) is 0 Å². The summed E-state index contributed by atoms with van der Waals surface area (Å²) in [6.07, 6.45) is 1.82. The molecule has 0 atom stereocenters. The van der Waals surface area contributed by atoms with Gasteiger partial charge < -0.3 is 9.47 Å². The van der Waals surface area contributed by atoms with E-state index < -0.39 is 0 Å². The molecule has 0 radical (unpaired) electrons. The normalized spacial score (nSPS) is 11.7. The quantitative estimate of drug-likeness (QED) is 0.488. The van der Waals surface area contributed by atoms with Crippen molar-refractivity contribution in [2.24, 2.45) is 4.99 Å². The van der Waals surface area contributed by atoms with Crippen LogP contribution in [0.2, 0.25) is 0 Å². The SMILES string of the molecule is C=CCn1c(=NC(=O)c2ccc(N(CC)CC)cc2)sc2cc(Br)ccc21. The van der Waals surface area contributed by atoms with Crippen LogP contribution in [0.15, 0.2) is 64.6 Å². The number of fused-ring (bicyclic) bond motifs is 1. The highest BCUT2D eigenvalue weighted by atomic mass is 79.9. The summed E-state index contributed by atoms with van der Waals surface area (Å²) in [5.41, 5.74) is 2.76. The minimum absolute atomic E-state index is 0.232. The van der Waals surface area contributed by atoms with E-state index in [0.29, 0.717) is 16.9 Å². The van der Waals surface area contributed by atoms with Gasteiger partial charge in [0.2, 0.25) is 0 Å². The van der Waals surface area contributed by atoms with Crippen molar-refractivity contribution in [1.82, 2.24) is 4.57 Å². The van der Waals surface area contributed by atoms with Crippen LogP contribution in [0.4, 0.5) is 5.69 Å². The second-order valence-electron chi connectivity index (χ2n) is 6.03. The summed E-state index contributed by atoms with van der Waals surface area (Å²) in [6.45, 7) is 10.5. The van der Waals surface area contributed by atoms with E-state index in [4.69, 9.17) is 0 Å². The molecule has 0 aliphatic rings. The molecule has 2 aromatic carbocycles. The molecule has 1 amide bonds. The first kappa shape index (κ1) is 19.6. The van der Waals surface area contributed by atoms with E-state index in [9.17, 15) is 4.79 Å². The van der Waals surface area contributed by atoms with Gasteiger partial charge in [-0.25, -0.2) is 0 Å². The number of carbonyl (C=O) groups excluding carboxylic acids is 1. The smallest absolute Gasteiger partial charge is 0.279 e. The van der Waals surface area contributed by atoms with E-state index >= 15 is 0 Å². The fraction of sp³-hybridized carbons (Fsp3) is 0.238. The topological polar surface area (TPSA) is 37.6 Å². The van der Waals surface area contributed by atoms with Gasteiger partial charge in [-0.2, -0.15) is 4.99 Å². The predicted molar refractivity (Wildman–Crippen MR) is 118 cm³/mol. The molecule has 0 fully saturated rings. The van der Waals surface area contributed by atoms with Crippen LogP contribution in [-0.4, -0.2) is 23.6 Å². The fourth-order valence-electron chi connectivity index (χ4n) is 2.99. The number of hydrogen-bond acceptors (Lipinski definition) is 3. The van der Waals surface area contributed by atoms with Gasteiger partial charge in [-0.3, -0.25) is 4.79 Å². The summed E-state index contributed by atoms with van der Waals surface area (Å²) in [5, 5.41) is 0. The third-order valence-electron chi connectivity index (χ3n) is 4.40. The van der Waals surface area contributed by atoms with Gasteiger partial charge in [0.15, 0.2) is 4.80 Å². The highest BCUT2D eigenvalue weighted by Crippen LogP contribution is 2.22. The molecule has 0 saturated carbocycles. The molecular weight excluding hydrogens is 422 g/mol. The van der Waals surface area contributed by atoms with E-state index in [1.807, 2.05) is 53.1 Å². The predicted octanol–water partition coefficient (Wildman–Crippen LogP) is 5.24. The van der Waals surface area contributed by atoms with Crippen LogP contribution in [-0.2, 0) is 6.54 Å². The second kappa shape index (κ2) is 8.67. The maximum atomic E-state index is 12.7. The zero-order chi connectivity index (χ0) is 19.4. The van der Waals surface area contributed by atoms with E-state index in [1.54, 1.807) is 0 Å². The minimum atomic E-state index is -0.232. The molecule has 140 valence electrons. The number of aromatic nitrogens is 1. The Hall–Kier alpha value is -2.18. The van der Waals surface area contributed by atoms with Gasteiger partial charge in [0.25, 0.3) is 5.91 Å². The molecule has 6 heteroatoms. The van der Waals surface area contributed by atoms with Crippen LogP contribution in [0.5, 0.6) is 0 Å². The van der Waals surface area contributed by atoms with Gasteiger partial charge in [-0.15, -0.1) is 6.58 Å². The molecule has 0 aliphatic heterocycles. The first-order valence-electron chi connectivity index (χ1n) is 8.91. The number of anilines is 1. The van der Waals surface area contributed by atoms with Gasteiger partial charge in [0.1, 0.15) is 0 Å². The highest BCUT2D eigenvalue weighted by molar-refractivity contribution is 9.10. The van der Waals surface area contributed by atoms with Crippen molar-refractivity contribution in [2.75, 3.05) is 18.0 Å². The molecule has 1 heterocycles. The molecule has 0 saturated heterocycles. The number of rotatable bonds is 6. The Morgan fingerprint density at radius 3 is 2.56 bits per heavy atom. The summed E-state index contributed by atoms with van der Waals surface area (Å²) in [5.74, 6) is -0.232. The van der Waals surface area contributed by atoms with Crippen molar-refractivity contribution in [1.29, 1.82) is 0 Å². The van der Waals surface area contributed by atoms with Crippen LogP contribution in [0.1, 0.15) is 24.2 Å². The lowest BCUT2D eigenvalue weighted by molar-refractivity contribution is 0.0998. The molecule has 0 unspecified atom stereocenters. The second-order valence-corrected chi connectivity index (χ2v) is 7.96. The monoisotopic (exact) mass is 443 g/mol. The minimum Gasteiger partial charge on any atom is -0.372 e. The number of thiazole rings is 1. The molecule has 0 spiro atoms. The molecule has 0 bridgehead atoms. The summed E-state index contributed by atoms with van der Waals surface area (Å²) in [7, 11) is 0. The average Bonchev–Trinajstić information content (AvgIpc) is 3.00. The molecule has 3 rings (SSSR count). The van der Waals surface area contributed by atoms with E-state index in [1.165, 1.54) is 11.3 Å². The van der Waals surface area contributed by atoms with Crippen molar-refractivity contribution in [3.05, 3.63) is 70.0 Å². The number of hydrogen-bond donors (Lipinski definition) is 0. The molecule has 0 N–H and O–H groups in total. The zero-order valence-electron chi connectivity index (χ0n) is 15.5. The lowest BCUT2D eigenvalue weighted by Crippen LogP contribution is -2.21. The maximum absolute atomic E-state index is 12.7. The van der Waals surface area contributed by atoms with Crippen molar-refractivity contribution >= 4 is 49.1 Å². The Balaban J connectivity index is 1.99.